The predicted molar refractivity (Wildman–Crippen MR) is 72.9 cm³/mol. The highest BCUT2D eigenvalue weighted by atomic mass is 79.9. The van der Waals surface area contributed by atoms with Gasteiger partial charge < -0.3 is 5.32 Å². The Kier molecular flexibility index (Phi) is 4.04. The topological polar surface area (TPSA) is 85.1 Å². The van der Waals surface area contributed by atoms with Gasteiger partial charge in [-0.3, -0.25) is 14.9 Å². The Balaban J connectivity index is 2.24. The Hall–Kier alpha value is -2.35. The van der Waals surface area contributed by atoms with Crippen LogP contribution in [0.1, 0.15) is 10.4 Å². The predicted octanol–water partition coefficient (Wildman–Crippen LogP) is 3.14. The molecule has 0 aliphatic carbocycles. The van der Waals surface area contributed by atoms with E-state index in [0.29, 0.717) is 4.47 Å². The molecule has 1 aromatic carbocycles. The van der Waals surface area contributed by atoms with Crippen molar-refractivity contribution in [1.82, 2.24) is 4.98 Å². The quantitative estimate of drug-likeness (QED) is 0.687. The van der Waals surface area contributed by atoms with Crippen LogP contribution in [0.2, 0.25) is 0 Å². The van der Waals surface area contributed by atoms with Crippen LogP contribution in [0.4, 0.5) is 15.9 Å². The highest BCUT2D eigenvalue weighted by molar-refractivity contribution is 9.10. The van der Waals surface area contributed by atoms with Crippen molar-refractivity contribution in [2.75, 3.05) is 5.32 Å². The van der Waals surface area contributed by atoms with E-state index in [-0.39, 0.29) is 11.4 Å². The zero-order chi connectivity index (χ0) is 14.7. The molecule has 2 rings (SSSR count). The number of halogens is 2. The highest BCUT2D eigenvalue weighted by Crippen LogP contribution is 2.21. The minimum absolute atomic E-state index is 0.0364. The van der Waals surface area contributed by atoms with Gasteiger partial charge in [0.25, 0.3) is 5.91 Å². The summed E-state index contributed by atoms with van der Waals surface area (Å²) < 4.78 is 14.0. The number of carbonyl (C=O) groups excluding carboxylic acids is 1. The number of hydrogen-bond acceptors (Lipinski definition) is 4. The molecule has 20 heavy (non-hydrogen) atoms. The lowest BCUT2D eigenvalue weighted by atomic mass is 10.2. The molecule has 0 bridgehead atoms. The lowest BCUT2D eigenvalue weighted by Gasteiger charge is -2.06. The number of nitro benzene ring substituents is 1. The van der Waals surface area contributed by atoms with E-state index < -0.39 is 22.3 Å². The maximum Gasteiger partial charge on any atom is 0.304 e. The van der Waals surface area contributed by atoms with E-state index in [9.17, 15) is 19.3 Å². The van der Waals surface area contributed by atoms with Gasteiger partial charge in [0.15, 0.2) is 0 Å². The lowest BCUT2D eigenvalue weighted by Crippen LogP contribution is -2.13. The van der Waals surface area contributed by atoms with Gasteiger partial charge in [-0.15, -0.1) is 0 Å². The maximum absolute atomic E-state index is 13.4. The third kappa shape index (κ3) is 2.97. The van der Waals surface area contributed by atoms with Crippen LogP contribution in [0.25, 0.3) is 0 Å². The van der Waals surface area contributed by atoms with E-state index >= 15 is 0 Å². The zero-order valence-corrected chi connectivity index (χ0v) is 11.4. The summed E-state index contributed by atoms with van der Waals surface area (Å²) in [6.45, 7) is 0. The van der Waals surface area contributed by atoms with Gasteiger partial charge in [-0.1, -0.05) is 0 Å². The molecule has 1 heterocycles. The van der Waals surface area contributed by atoms with Crippen molar-refractivity contribution in [2.45, 2.75) is 0 Å². The highest BCUT2D eigenvalue weighted by Gasteiger charge is 2.17. The number of nitro groups is 1. The van der Waals surface area contributed by atoms with Crippen LogP contribution >= 0.6 is 15.9 Å². The van der Waals surface area contributed by atoms with Crippen molar-refractivity contribution in [3.63, 3.8) is 0 Å². The van der Waals surface area contributed by atoms with Crippen molar-refractivity contribution in [2.24, 2.45) is 0 Å². The molecule has 0 aliphatic heterocycles. The number of pyridine rings is 1. The fraction of sp³-hybridized carbons (Fsp3) is 0. The van der Waals surface area contributed by atoms with E-state index in [2.05, 4.69) is 26.2 Å². The summed E-state index contributed by atoms with van der Waals surface area (Å²) in [5.74, 6) is -1.41. The summed E-state index contributed by atoms with van der Waals surface area (Å²) in [5.41, 5.74) is -0.716. The molecule has 1 aromatic heterocycles. The Morgan fingerprint density at radius 3 is 2.75 bits per heavy atom. The number of hydrogen-bond donors (Lipinski definition) is 1. The largest absolute Gasteiger partial charge is 0.306 e. The molecule has 0 saturated heterocycles. The van der Waals surface area contributed by atoms with Gasteiger partial charge in [0, 0.05) is 17.8 Å². The van der Waals surface area contributed by atoms with Crippen LogP contribution in [0.5, 0.6) is 0 Å². The second-order valence-electron chi connectivity index (χ2n) is 3.71. The molecule has 1 amide bonds. The molecule has 0 fully saturated rings. The number of amides is 1. The zero-order valence-electron chi connectivity index (χ0n) is 9.84. The second kappa shape index (κ2) is 5.74. The van der Waals surface area contributed by atoms with Crippen LogP contribution in [0, 0.1) is 15.9 Å². The first kappa shape index (κ1) is 14.1. The van der Waals surface area contributed by atoms with Gasteiger partial charge in [-0.05, 0) is 40.2 Å². The van der Waals surface area contributed by atoms with Gasteiger partial charge in [0.05, 0.1) is 9.40 Å². The monoisotopic (exact) mass is 339 g/mol. The molecule has 0 unspecified atom stereocenters. The molecule has 0 spiro atoms. The summed E-state index contributed by atoms with van der Waals surface area (Å²) in [6.07, 6.45) is 1.48. The molecule has 0 saturated carbocycles. The van der Waals surface area contributed by atoms with Crippen LogP contribution < -0.4 is 5.32 Å². The first-order valence-electron chi connectivity index (χ1n) is 5.35. The Morgan fingerprint density at radius 1 is 1.40 bits per heavy atom. The van der Waals surface area contributed by atoms with Crippen LogP contribution in [0.15, 0.2) is 41.0 Å². The van der Waals surface area contributed by atoms with Crippen molar-refractivity contribution < 1.29 is 14.1 Å². The minimum atomic E-state index is -1.07. The molecule has 1 N–H and O–H groups in total. The number of nitrogens with one attached hydrogen (secondary N) is 1. The molecular weight excluding hydrogens is 333 g/mol. The third-order valence-electron chi connectivity index (χ3n) is 2.40. The molecule has 8 heteroatoms. The first-order valence-corrected chi connectivity index (χ1v) is 6.14. The Bertz CT molecular complexity index is 693. The van der Waals surface area contributed by atoms with Gasteiger partial charge in [-0.2, -0.15) is 4.39 Å². The summed E-state index contributed by atoms with van der Waals surface area (Å²) >= 11 is 3.20. The fourth-order valence-corrected chi connectivity index (χ4v) is 1.81. The number of aromatic nitrogens is 1. The number of benzene rings is 1. The molecule has 0 atom stereocenters. The fourth-order valence-electron chi connectivity index (χ4n) is 1.45. The molecular formula is C12H7BrFN3O3. The first-order chi connectivity index (χ1) is 9.49. The average molecular weight is 340 g/mol. The van der Waals surface area contributed by atoms with Crippen LogP contribution in [-0.4, -0.2) is 15.8 Å². The summed E-state index contributed by atoms with van der Waals surface area (Å²) in [5, 5.41) is 13.0. The average Bonchev–Trinajstić information content (AvgIpc) is 2.40. The summed E-state index contributed by atoms with van der Waals surface area (Å²) in [7, 11) is 0. The Morgan fingerprint density at radius 2 is 2.15 bits per heavy atom. The van der Waals surface area contributed by atoms with Crippen molar-refractivity contribution in [3.05, 3.63) is 62.5 Å². The van der Waals surface area contributed by atoms with Crippen LogP contribution in [-0.2, 0) is 0 Å². The number of anilines is 1. The summed E-state index contributed by atoms with van der Waals surface area (Å²) in [6, 6.07) is 6.28. The van der Waals surface area contributed by atoms with E-state index in [1.807, 2.05) is 0 Å². The number of carbonyl (C=O) groups is 1. The smallest absolute Gasteiger partial charge is 0.304 e. The molecule has 102 valence electrons. The standard InChI is InChI=1S/C12H7BrFN3O3/c13-8-2-1-5-15-11(8)16-12(18)7-3-4-10(17(19)20)9(14)6-7/h1-6H,(H,15,16,18). The normalized spacial score (nSPS) is 10.1. The van der Waals surface area contributed by atoms with E-state index in [4.69, 9.17) is 0 Å². The molecule has 2 aromatic rings. The van der Waals surface area contributed by atoms with Crippen molar-refractivity contribution in [3.8, 4) is 0 Å². The third-order valence-corrected chi connectivity index (χ3v) is 3.04. The van der Waals surface area contributed by atoms with Gasteiger partial charge in [0.2, 0.25) is 5.82 Å². The molecule has 0 radical (unpaired) electrons. The number of nitrogens with zero attached hydrogens (tertiary/aromatic N) is 2. The van der Waals surface area contributed by atoms with Gasteiger partial charge in [-0.25, -0.2) is 4.98 Å². The number of rotatable bonds is 3. The molecule has 0 aliphatic rings. The van der Waals surface area contributed by atoms with E-state index in [1.54, 1.807) is 12.1 Å². The SMILES string of the molecule is O=C(Nc1ncccc1Br)c1ccc([N+](=O)[O-])c(F)c1. The van der Waals surface area contributed by atoms with Crippen LogP contribution in [0.3, 0.4) is 0 Å². The van der Waals surface area contributed by atoms with Gasteiger partial charge >= 0.3 is 5.69 Å². The molecule has 6 nitrogen and oxygen atoms in total. The van der Waals surface area contributed by atoms with E-state index in [0.717, 1.165) is 12.1 Å². The second-order valence-corrected chi connectivity index (χ2v) is 4.57. The van der Waals surface area contributed by atoms with Crippen molar-refractivity contribution in [1.29, 1.82) is 0 Å². The lowest BCUT2D eigenvalue weighted by molar-refractivity contribution is -0.387. The van der Waals surface area contributed by atoms with E-state index in [1.165, 1.54) is 12.3 Å². The summed E-state index contributed by atoms with van der Waals surface area (Å²) in [4.78, 5) is 25.5. The van der Waals surface area contributed by atoms with Crippen molar-refractivity contribution >= 4 is 33.3 Å². The maximum atomic E-state index is 13.4. The minimum Gasteiger partial charge on any atom is -0.306 e. The van der Waals surface area contributed by atoms with Gasteiger partial charge in [0.1, 0.15) is 5.82 Å². The Labute approximate surface area is 120 Å².